The third-order valence-electron chi connectivity index (χ3n) is 5.42. The molecule has 3 rings (SSSR count). The van der Waals surface area contributed by atoms with E-state index in [-0.39, 0.29) is 12.0 Å². The molecule has 2 amide bonds. The molecule has 0 atom stereocenters. The first-order valence-electron chi connectivity index (χ1n) is 11.0. The lowest BCUT2D eigenvalue weighted by Crippen LogP contribution is -2.51. The zero-order valence-electron chi connectivity index (χ0n) is 19.8. The van der Waals surface area contributed by atoms with Crippen LogP contribution in [0, 0.1) is 5.41 Å². The lowest BCUT2D eigenvalue weighted by Gasteiger charge is -2.43. The first-order valence-corrected chi connectivity index (χ1v) is 11.0. The fourth-order valence-electron chi connectivity index (χ4n) is 3.90. The van der Waals surface area contributed by atoms with Crippen LogP contribution in [0.15, 0.2) is 18.3 Å². The molecule has 1 fully saturated rings. The third kappa shape index (κ3) is 5.87. The quantitative estimate of drug-likeness (QED) is 0.549. The van der Waals surface area contributed by atoms with E-state index < -0.39 is 22.6 Å². The third-order valence-corrected chi connectivity index (χ3v) is 5.42. The van der Waals surface area contributed by atoms with Crippen LogP contribution in [0.25, 0.3) is 6.08 Å². The number of likely N-dealkylation sites (tertiary alicyclic amines) is 1. The highest BCUT2D eigenvalue weighted by Gasteiger charge is 2.46. The summed E-state index contributed by atoms with van der Waals surface area (Å²) in [5.41, 5.74) is -0.0164. The molecule has 0 radical (unpaired) electrons. The highest BCUT2D eigenvalue weighted by atomic mass is 16.6. The Morgan fingerprint density at radius 2 is 1.72 bits per heavy atom. The van der Waals surface area contributed by atoms with Crippen molar-refractivity contribution in [3.63, 3.8) is 0 Å². The summed E-state index contributed by atoms with van der Waals surface area (Å²) in [6.45, 7) is 11.9. The predicted octanol–water partition coefficient (Wildman–Crippen LogP) is 3.95. The average molecular weight is 444 g/mol. The summed E-state index contributed by atoms with van der Waals surface area (Å²) in [5, 5.41) is 2.93. The van der Waals surface area contributed by atoms with Crippen LogP contribution < -0.4 is 5.32 Å². The Morgan fingerprint density at radius 3 is 2.31 bits per heavy atom. The molecule has 1 aromatic heterocycles. The Balaban J connectivity index is 1.69. The molecule has 1 aromatic rings. The van der Waals surface area contributed by atoms with Gasteiger partial charge in [0, 0.05) is 25.4 Å². The van der Waals surface area contributed by atoms with Gasteiger partial charge in [-0.25, -0.2) is 14.6 Å². The van der Waals surface area contributed by atoms with Crippen molar-refractivity contribution in [2.75, 3.05) is 18.4 Å². The Kier molecular flexibility index (Phi) is 6.36. The van der Waals surface area contributed by atoms with E-state index in [9.17, 15) is 14.4 Å². The Bertz CT molecular complexity index is 932. The van der Waals surface area contributed by atoms with Crippen molar-refractivity contribution in [2.45, 2.75) is 72.0 Å². The minimum atomic E-state index is -0.583. The molecule has 1 spiro atoms. The monoisotopic (exact) mass is 443 g/mol. The summed E-state index contributed by atoms with van der Waals surface area (Å²) < 4.78 is 10.7. The number of carbonyl (C=O) groups excluding carboxylic acids is 3. The van der Waals surface area contributed by atoms with Crippen LogP contribution in [0.4, 0.5) is 10.6 Å². The number of aromatic nitrogens is 1. The minimum absolute atomic E-state index is 0.0571. The summed E-state index contributed by atoms with van der Waals surface area (Å²) in [6.07, 6.45) is 5.95. The zero-order chi connectivity index (χ0) is 23.7. The molecular formula is C24H33N3O5. The molecule has 2 aliphatic rings. The van der Waals surface area contributed by atoms with E-state index in [4.69, 9.17) is 9.47 Å². The van der Waals surface area contributed by atoms with Gasteiger partial charge in [-0.2, -0.15) is 0 Å². The maximum atomic E-state index is 12.9. The molecule has 0 aliphatic carbocycles. The van der Waals surface area contributed by atoms with E-state index in [1.54, 1.807) is 17.2 Å². The van der Waals surface area contributed by atoms with Gasteiger partial charge in [-0.05, 0) is 84.1 Å². The first kappa shape index (κ1) is 23.8. The number of esters is 1. The maximum absolute atomic E-state index is 12.9. The van der Waals surface area contributed by atoms with Gasteiger partial charge in [0.05, 0.1) is 5.41 Å². The molecule has 0 bridgehead atoms. The summed E-state index contributed by atoms with van der Waals surface area (Å²) in [7, 11) is 0. The molecular weight excluding hydrogens is 410 g/mol. The molecule has 2 aliphatic heterocycles. The lowest BCUT2D eigenvalue weighted by atomic mass is 9.71. The van der Waals surface area contributed by atoms with E-state index in [0.29, 0.717) is 38.2 Å². The van der Waals surface area contributed by atoms with Gasteiger partial charge in [0.25, 0.3) is 0 Å². The van der Waals surface area contributed by atoms with Crippen LogP contribution in [0.5, 0.6) is 0 Å². The van der Waals surface area contributed by atoms with Crippen molar-refractivity contribution < 1.29 is 23.9 Å². The topological polar surface area (TPSA) is 97.8 Å². The zero-order valence-corrected chi connectivity index (χ0v) is 19.8. The lowest BCUT2D eigenvalue weighted by molar-refractivity contribution is -0.148. The number of ether oxygens (including phenoxy) is 2. The van der Waals surface area contributed by atoms with Gasteiger partial charge in [-0.15, -0.1) is 0 Å². The molecule has 1 saturated heterocycles. The molecule has 3 heterocycles. The number of fused-ring (bicyclic) bond motifs is 1. The number of nitrogens with zero attached hydrogens (tertiary/aromatic N) is 2. The number of piperidine rings is 1. The van der Waals surface area contributed by atoms with E-state index in [0.717, 1.165) is 11.1 Å². The molecule has 32 heavy (non-hydrogen) atoms. The minimum Gasteiger partial charge on any atom is -0.457 e. The predicted molar refractivity (Wildman–Crippen MR) is 121 cm³/mol. The number of rotatable bonds is 2. The largest absolute Gasteiger partial charge is 0.457 e. The van der Waals surface area contributed by atoms with E-state index in [2.05, 4.69) is 10.3 Å². The molecule has 1 N–H and O–H groups in total. The van der Waals surface area contributed by atoms with Crippen LogP contribution in [-0.4, -0.2) is 52.1 Å². The van der Waals surface area contributed by atoms with Gasteiger partial charge in [0.1, 0.15) is 17.0 Å². The maximum Gasteiger partial charge on any atom is 0.410 e. The molecule has 0 saturated carbocycles. The van der Waals surface area contributed by atoms with Gasteiger partial charge in [-0.1, -0.05) is 0 Å². The van der Waals surface area contributed by atoms with Gasteiger partial charge in [0.2, 0.25) is 5.91 Å². The number of hydrogen-bond acceptors (Lipinski definition) is 6. The second kappa shape index (κ2) is 8.56. The van der Waals surface area contributed by atoms with Gasteiger partial charge in [0.15, 0.2) is 0 Å². The second-order valence-electron chi connectivity index (χ2n) is 10.5. The van der Waals surface area contributed by atoms with Crippen LogP contribution in [0.3, 0.4) is 0 Å². The number of pyridine rings is 1. The van der Waals surface area contributed by atoms with Gasteiger partial charge in [-0.3, -0.25) is 4.79 Å². The van der Waals surface area contributed by atoms with Gasteiger partial charge >= 0.3 is 12.1 Å². The van der Waals surface area contributed by atoms with Crippen LogP contribution in [0.2, 0.25) is 0 Å². The highest BCUT2D eigenvalue weighted by molar-refractivity contribution is 5.98. The summed E-state index contributed by atoms with van der Waals surface area (Å²) >= 11 is 0. The van der Waals surface area contributed by atoms with Crippen LogP contribution in [-0.2, 0) is 25.5 Å². The average Bonchev–Trinajstić information content (AvgIpc) is 2.65. The van der Waals surface area contributed by atoms with Crippen molar-refractivity contribution in [1.29, 1.82) is 0 Å². The summed E-state index contributed by atoms with van der Waals surface area (Å²) in [4.78, 5) is 43.3. The van der Waals surface area contributed by atoms with Crippen molar-refractivity contribution in [3.05, 3.63) is 29.5 Å². The SMILES string of the molecule is CC(C)(C)OC(=O)/C=C/c1cnc2c(c1)CC1(CCN(C(=O)OC(C)(C)C)CC1)C(=O)N2. The van der Waals surface area contributed by atoms with Crippen LogP contribution in [0.1, 0.15) is 65.5 Å². The van der Waals surface area contributed by atoms with Crippen molar-refractivity contribution in [3.8, 4) is 0 Å². The molecule has 8 nitrogen and oxygen atoms in total. The van der Waals surface area contributed by atoms with Crippen LogP contribution >= 0.6 is 0 Å². The molecule has 0 unspecified atom stereocenters. The fraction of sp³-hybridized carbons (Fsp3) is 0.583. The number of nitrogens with one attached hydrogen (secondary N) is 1. The van der Waals surface area contributed by atoms with E-state index in [1.165, 1.54) is 6.08 Å². The summed E-state index contributed by atoms with van der Waals surface area (Å²) in [6, 6.07) is 1.94. The normalized spacial score (nSPS) is 18.3. The smallest absolute Gasteiger partial charge is 0.410 e. The Morgan fingerprint density at radius 1 is 1.09 bits per heavy atom. The number of carbonyl (C=O) groups is 3. The number of hydrogen-bond donors (Lipinski definition) is 1. The Labute approximate surface area is 189 Å². The second-order valence-corrected chi connectivity index (χ2v) is 10.5. The number of anilines is 1. The molecule has 0 aromatic carbocycles. The molecule has 174 valence electrons. The van der Waals surface area contributed by atoms with Crippen molar-refractivity contribution in [1.82, 2.24) is 9.88 Å². The van der Waals surface area contributed by atoms with Crippen molar-refractivity contribution in [2.24, 2.45) is 5.41 Å². The standard InChI is InChI=1S/C24H33N3O5/c1-22(2,3)31-18(28)8-7-16-13-17-14-24(20(29)26-19(17)25-15-16)9-11-27(12-10-24)21(30)32-23(4,5)6/h7-8,13,15H,9-12,14H2,1-6H3,(H,25,26,29)/b8-7+. The van der Waals surface area contributed by atoms with E-state index >= 15 is 0 Å². The Hall–Kier alpha value is -2.90. The highest BCUT2D eigenvalue weighted by Crippen LogP contribution is 2.41. The van der Waals surface area contributed by atoms with Crippen molar-refractivity contribution >= 4 is 29.9 Å². The van der Waals surface area contributed by atoms with Gasteiger partial charge < -0.3 is 19.7 Å². The summed E-state index contributed by atoms with van der Waals surface area (Å²) in [5.74, 6) is 0.0671. The number of amides is 2. The first-order chi connectivity index (χ1) is 14.8. The van der Waals surface area contributed by atoms with E-state index in [1.807, 2.05) is 47.6 Å². The fourth-order valence-corrected chi connectivity index (χ4v) is 3.90. The molecule has 8 heteroatoms.